The summed E-state index contributed by atoms with van der Waals surface area (Å²) in [6.07, 6.45) is 1.05. The van der Waals surface area contributed by atoms with Gasteiger partial charge in [-0.2, -0.15) is 0 Å². The quantitative estimate of drug-likeness (QED) is 0.632. The Kier molecular flexibility index (Phi) is 4.44. The average molecular weight is 365 g/mol. The van der Waals surface area contributed by atoms with Crippen molar-refractivity contribution in [3.8, 4) is 0 Å². The van der Waals surface area contributed by atoms with Crippen LogP contribution in [0.15, 0.2) is 27.8 Å². The zero-order chi connectivity index (χ0) is 14.3. The van der Waals surface area contributed by atoms with E-state index < -0.39 is 0 Å². The second kappa shape index (κ2) is 5.98. The maximum atomic E-state index is 6.26. The van der Waals surface area contributed by atoms with Crippen LogP contribution in [0.5, 0.6) is 0 Å². The van der Waals surface area contributed by atoms with E-state index in [2.05, 4.69) is 23.7 Å². The minimum Gasteiger partial charge on any atom is -0.376 e. The third-order valence-electron chi connectivity index (χ3n) is 3.24. The van der Waals surface area contributed by atoms with E-state index >= 15 is 0 Å². The van der Waals surface area contributed by atoms with Gasteiger partial charge in [0, 0.05) is 10.3 Å². The molecule has 1 aliphatic rings. The molecule has 1 N–H and O–H groups in total. The molecule has 2 atom stereocenters. The zero-order valence-electron chi connectivity index (χ0n) is 10.6. The van der Waals surface area contributed by atoms with Crippen molar-refractivity contribution >= 4 is 63.6 Å². The van der Waals surface area contributed by atoms with E-state index in [4.69, 9.17) is 34.8 Å². The van der Waals surface area contributed by atoms with Gasteiger partial charge in [0.1, 0.15) is 0 Å². The molecule has 1 aromatic carbocycles. The van der Waals surface area contributed by atoms with Crippen LogP contribution in [0, 0.1) is 0 Å². The first kappa shape index (κ1) is 14.9. The summed E-state index contributed by atoms with van der Waals surface area (Å²) in [5.74, 6) is 0. The third kappa shape index (κ3) is 2.93. The summed E-state index contributed by atoms with van der Waals surface area (Å²) >= 11 is 22.2. The van der Waals surface area contributed by atoms with Crippen molar-refractivity contribution in [1.82, 2.24) is 0 Å². The van der Waals surface area contributed by atoms with Crippen LogP contribution in [0.25, 0.3) is 0 Å². The Labute approximate surface area is 141 Å². The number of thiophene rings is 1. The predicted molar refractivity (Wildman–Crippen MR) is 92.1 cm³/mol. The summed E-state index contributed by atoms with van der Waals surface area (Å²) in [5, 5.41) is 7.87. The maximum Gasteiger partial charge on any atom is 0.0724 e. The molecule has 2 aromatic rings. The minimum absolute atomic E-state index is 0.240. The first-order valence-corrected chi connectivity index (χ1v) is 9.09. The standard InChI is InChI=1S/C14H12Cl3NS2/c1-7-4-12(9-2-3-19-14(9)20-7)18-13-10(16)5-8(15)6-11(13)17/h2-3,5-7,12,18H,4H2,1H3/t7-,12?/m0/s1. The summed E-state index contributed by atoms with van der Waals surface area (Å²) < 4.78 is 1.38. The predicted octanol–water partition coefficient (Wildman–Crippen LogP) is 6.75. The molecule has 0 amide bonds. The Morgan fingerprint density at radius 2 is 1.90 bits per heavy atom. The lowest BCUT2D eigenvalue weighted by Crippen LogP contribution is -2.19. The fourth-order valence-corrected chi connectivity index (χ4v) is 5.83. The molecule has 6 heteroatoms. The van der Waals surface area contributed by atoms with Crippen molar-refractivity contribution in [3.05, 3.63) is 44.2 Å². The van der Waals surface area contributed by atoms with Gasteiger partial charge in [0.05, 0.1) is 26.0 Å². The number of fused-ring (bicyclic) bond motifs is 1. The smallest absolute Gasteiger partial charge is 0.0724 e. The lowest BCUT2D eigenvalue weighted by molar-refractivity contribution is 0.670. The van der Waals surface area contributed by atoms with Gasteiger partial charge in [-0.15, -0.1) is 23.1 Å². The van der Waals surface area contributed by atoms with Crippen molar-refractivity contribution in [2.45, 2.75) is 28.8 Å². The average Bonchev–Trinajstić information content (AvgIpc) is 2.81. The van der Waals surface area contributed by atoms with E-state index in [-0.39, 0.29) is 6.04 Å². The van der Waals surface area contributed by atoms with Crippen LogP contribution in [0.2, 0.25) is 15.1 Å². The van der Waals surface area contributed by atoms with Gasteiger partial charge in [-0.05, 0) is 35.6 Å². The highest BCUT2D eigenvalue weighted by Crippen LogP contribution is 2.46. The first-order chi connectivity index (χ1) is 9.54. The number of hydrogen-bond donors (Lipinski definition) is 1. The molecule has 1 aliphatic heterocycles. The molecule has 0 aliphatic carbocycles. The molecule has 2 heterocycles. The Balaban J connectivity index is 1.93. The van der Waals surface area contributed by atoms with Gasteiger partial charge in [-0.25, -0.2) is 0 Å². The van der Waals surface area contributed by atoms with Crippen LogP contribution < -0.4 is 5.32 Å². The van der Waals surface area contributed by atoms with Crippen molar-refractivity contribution in [1.29, 1.82) is 0 Å². The molecular formula is C14H12Cl3NS2. The van der Waals surface area contributed by atoms with Crippen molar-refractivity contribution in [2.24, 2.45) is 0 Å². The Morgan fingerprint density at radius 3 is 2.60 bits per heavy atom. The highest BCUT2D eigenvalue weighted by atomic mass is 35.5. The van der Waals surface area contributed by atoms with Crippen LogP contribution in [0.1, 0.15) is 24.9 Å². The lowest BCUT2D eigenvalue weighted by Gasteiger charge is -2.29. The van der Waals surface area contributed by atoms with E-state index in [0.29, 0.717) is 20.3 Å². The number of nitrogens with one attached hydrogen (secondary N) is 1. The van der Waals surface area contributed by atoms with E-state index in [9.17, 15) is 0 Å². The summed E-state index contributed by atoms with van der Waals surface area (Å²) in [7, 11) is 0. The van der Waals surface area contributed by atoms with Gasteiger partial charge >= 0.3 is 0 Å². The number of rotatable bonds is 2. The number of halogens is 3. The molecular weight excluding hydrogens is 353 g/mol. The number of benzene rings is 1. The van der Waals surface area contributed by atoms with Crippen LogP contribution >= 0.6 is 57.9 Å². The third-order valence-corrected chi connectivity index (χ3v) is 6.39. The van der Waals surface area contributed by atoms with Gasteiger partial charge in [0.25, 0.3) is 0 Å². The number of thioether (sulfide) groups is 1. The first-order valence-electron chi connectivity index (χ1n) is 6.19. The lowest BCUT2D eigenvalue weighted by atomic mass is 10.0. The highest BCUT2D eigenvalue weighted by Gasteiger charge is 2.27. The normalized spacial score (nSPS) is 21.6. The van der Waals surface area contributed by atoms with E-state index in [1.807, 2.05) is 11.8 Å². The van der Waals surface area contributed by atoms with Crippen LogP contribution in [-0.4, -0.2) is 5.25 Å². The number of hydrogen-bond acceptors (Lipinski definition) is 3. The second-order valence-corrected chi connectivity index (χ2v) is 8.64. The summed E-state index contributed by atoms with van der Waals surface area (Å²) in [6.45, 7) is 2.24. The summed E-state index contributed by atoms with van der Waals surface area (Å²) in [6, 6.07) is 5.84. The van der Waals surface area contributed by atoms with Gasteiger partial charge in [0.15, 0.2) is 0 Å². The highest BCUT2D eigenvalue weighted by molar-refractivity contribution is 8.01. The molecule has 1 aromatic heterocycles. The molecule has 0 fully saturated rings. The SMILES string of the molecule is C[C@H]1CC(Nc2c(Cl)cc(Cl)cc2Cl)c2ccsc2S1. The van der Waals surface area contributed by atoms with Gasteiger partial charge in [0.2, 0.25) is 0 Å². The number of anilines is 1. The monoisotopic (exact) mass is 363 g/mol. The fraction of sp³-hybridized carbons (Fsp3) is 0.286. The fourth-order valence-electron chi connectivity index (χ4n) is 2.34. The van der Waals surface area contributed by atoms with Crippen molar-refractivity contribution < 1.29 is 0 Å². The van der Waals surface area contributed by atoms with E-state index in [0.717, 1.165) is 12.1 Å². The Bertz CT molecular complexity index is 618. The van der Waals surface area contributed by atoms with E-state index in [1.54, 1.807) is 23.5 Å². The molecule has 0 saturated heterocycles. The Hall–Kier alpha value is -0.0600. The molecule has 0 spiro atoms. The molecule has 0 saturated carbocycles. The minimum atomic E-state index is 0.240. The molecule has 1 unspecified atom stereocenters. The Morgan fingerprint density at radius 1 is 1.20 bits per heavy atom. The largest absolute Gasteiger partial charge is 0.376 e. The molecule has 20 heavy (non-hydrogen) atoms. The van der Waals surface area contributed by atoms with Gasteiger partial charge in [-0.1, -0.05) is 41.7 Å². The van der Waals surface area contributed by atoms with Crippen LogP contribution in [-0.2, 0) is 0 Å². The van der Waals surface area contributed by atoms with Crippen LogP contribution in [0.4, 0.5) is 5.69 Å². The zero-order valence-corrected chi connectivity index (χ0v) is 14.5. The second-order valence-electron chi connectivity index (χ2n) is 4.77. The summed E-state index contributed by atoms with van der Waals surface area (Å²) in [5.41, 5.74) is 2.10. The maximum absolute atomic E-state index is 6.26. The topological polar surface area (TPSA) is 12.0 Å². The van der Waals surface area contributed by atoms with Gasteiger partial charge < -0.3 is 5.32 Å². The molecule has 0 bridgehead atoms. The molecule has 3 rings (SSSR count). The van der Waals surface area contributed by atoms with E-state index in [1.165, 1.54) is 9.77 Å². The molecule has 0 radical (unpaired) electrons. The van der Waals surface area contributed by atoms with Crippen molar-refractivity contribution in [2.75, 3.05) is 5.32 Å². The summed E-state index contributed by atoms with van der Waals surface area (Å²) in [4.78, 5) is 0. The van der Waals surface area contributed by atoms with Crippen molar-refractivity contribution in [3.63, 3.8) is 0 Å². The van der Waals surface area contributed by atoms with Crippen LogP contribution in [0.3, 0.4) is 0 Å². The molecule has 1 nitrogen and oxygen atoms in total. The molecule has 106 valence electrons. The van der Waals surface area contributed by atoms with Gasteiger partial charge in [-0.3, -0.25) is 0 Å².